The zero-order valence-corrected chi connectivity index (χ0v) is 16.9. The number of esters is 1. The minimum atomic E-state index is -0.838. The van der Waals surface area contributed by atoms with Crippen molar-refractivity contribution in [2.24, 2.45) is 0 Å². The van der Waals surface area contributed by atoms with Crippen molar-refractivity contribution < 1.29 is 28.5 Å². The second-order valence-corrected chi connectivity index (χ2v) is 6.40. The van der Waals surface area contributed by atoms with Gasteiger partial charge in [-0.05, 0) is 38.0 Å². The number of benzene rings is 2. The molecule has 6 nitrogen and oxygen atoms in total. The second kappa shape index (κ2) is 9.78. The highest BCUT2D eigenvalue weighted by Crippen LogP contribution is 2.38. The van der Waals surface area contributed by atoms with Crippen LogP contribution in [-0.2, 0) is 16.0 Å². The summed E-state index contributed by atoms with van der Waals surface area (Å²) in [5.74, 6) is 0.873. The number of Topliss-reactive ketones (excluding diaryl/α,β-unsaturated/α-hetero) is 1. The predicted molar refractivity (Wildman–Crippen MR) is 105 cm³/mol. The summed E-state index contributed by atoms with van der Waals surface area (Å²) in [5, 5.41) is 0. The Morgan fingerprint density at radius 1 is 0.929 bits per heavy atom. The van der Waals surface area contributed by atoms with Gasteiger partial charge < -0.3 is 18.9 Å². The van der Waals surface area contributed by atoms with E-state index in [1.165, 1.54) is 21.3 Å². The first-order valence-electron chi connectivity index (χ1n) is 8.98. The molecule has 0 aliphatic rings. The van der Waals surface area contributed by atoms with Gasteiger partial charge >= 0.3 is 5.97 Å². The number of methoxy groups -OCH3 is 3. The van der Waals surface area contributed by atoms with E-state index in [9.17, 15) is 9.59 Å². The van der Waals surface area contributed by atoms with Gasteiger partial charge in [0.05, 0.1) is 21.3 Å². The number of rotatable bonds is 9. The molecule has 0 fully saturated rings. The molecule has 0 aliphatic carbocycles. The van der Waals surface area contributed by atoms with Crippen LogP contribution in [0.25, 0.3) is 0 Å². The van der Waals surface area contributed by atoms with E-state index >= 15 is 0 Å². The van der Waals surface area contributed by atoms with Crippen molar-refractivity contribution in [1.82, 2.24) is 0 Å². The number of ketones is 1. The lowest BCUT2D eigenvalue weighted by Crippen LogP contribution is -2.24. The van der Waals surface area contributed by atoms with Gasteiger partial charge in [-0.15, -0.1) is 0 Å². The lowest BCUT2D eigenvalue weighted by atomic mass is 10.1. The fourth-order valence-electron chi connectivity index (χ4n) is 2.79. The van der Waals surface area contributed by atoms with Crippen molar-refractivity contribution in [3.63, 3.8) is 0 Å². The molecule has 150 valence electrons. The van der Waals surface area contributed by atoms with Crippen LogP contribution in [-0.4, -0.2) is 39.2 Å². The van der Waals surface area contributed by atoms with E-state index in [-0.39, 0.29) is 12.2 Å². The van der Waals surface area contributed by atoms with Gasteiger partial charge in [-0.3, -0.25) is 9.59 Å². The lowest BCUT2D eigenvalue weighted by molar-refractivity contribution is -0.146. The summed E-state index contributed by atoms with van der Waals surface area (Å²) >= 11 is 0. The highest BCUT2D eigenvalue weighted by molar-refractivity contribution is 6.00. The fourth-order valence-corrected chi connectivity index (χ4v) is 2.79. The van der Waals surface area contributed by atoms with Crippen molar-refractivity contribution in [2.45, 2.75) is 32.8 Å². The maximum Gasteiger partial charge on any atom is 0.306 e. The van der Waals surface area contributed by atoms with Crippen molar-refractivity contribution in [3.05, 3.63) is 53.1 Å². The zero-order valence-electron chi connectivity index (χ0n) is 16.9. The molecule has 0 bridgehead atoms. The highest BCUT2D eigenvalue weighted by atomic mass is 16.5. The van der Waals surface area contributed by atoms with Gasteiger partial charge in [-0.2, -0.15) is 0 Å². The number of carbonyl (C=O) groups excluding carboxylic acids is 2. The molecule has 0 heterocycles. The summed E-state index contributed by atoms with van der Waals surface area (Å²) in [7, 11) is 4.60. The van der Waals surface area contributed by atoms with Gasteiger partial charge in [-0.1, -0.05) is 29.8 Å². The van der Waals surface area contributed by atoms with Crippen molar-refractivity contribution >= 4 is 11.8 Å². The smallest absolute Gasteiger partial charge is 0.306 e. The Kier molecular flexibility index (Phi) is 7.44. The SMILES string of the molecule is COc1cc(CCC(=O)O[C@H](C)C(=O)c2ccc(C)cc2)cc(OC)c1OC. The standard InChI is InChI=1S/C22H26O6/c1-14-6-9-17(10-7-14)21(24)15(2)28-20(23)11-8-16-12-18(25-3)22(27-5)19(13-16)26-4/h6-7,9-10,12-13,15H,8,11H2,1-5H3/t15-/m1/s1. The lowest BCUT2D eigenvalue weighted by Gasteiger charge is -2.15. The highest BCUT2D eigenvalue weighted by Gasteiger charge is 2.20. The first-order valence-corrected chi connectivity index (χ1v) is 8.98. The van der Waals surface area contributed by atoms with Crippen LogP contribution >= 0.6 is 0 Å². The van der Waals surface area contributed by atoms with E-state index in [0.29, 0.717) is 29.2 Å². The Morgan fingerprint density at radius 2 is 1.50 bits per heavy atom. The Hall–Kier alpha value is -3.02. The third kappa shape index (κ3) is 5.25. The van der Waals surface area contributed by atoms with Crippen LogP contribution < -0.4 is 14.2 Å². The van der Waals surface area contributed by atoms with E-state index in [1.807, 2.05) is 19.1 Å². The average Bonchev–Trinajstić information content (AvgIpc) is 2.71. The topological polar surface area (TPSA) is 71.1 Å². The second-order valence-electron chi connectivity index (χ2n) is 6.40. The van der Waals surface area contributed by atoms with Crippen LogP contribution in [0.5, 0.6) is 17.2 Å². The molecule has 2 aromatic carbocycles. The monoisotopic (exact) mass is 386 g/mol. The molecule has 0 aliphatic heterocycles. The minimum Gasteiger partial charge on any atom is -0.493 e. The molecule has 0 unspecified atom stereocenters. The van der Waals surface area contributed by atoms with E-state index < -0.39 is 12.1 Å². The molecule has 0 saturated carbocycles. The van der Waals surface area contributed by atoms with E-state index in [4.69, 9.17) is 18.9 Å². The molecule has 6 heteroatoms. The Bertz CT molecular complexity index is 800. The van der Waals surface area contributed by atoms with Crippen LogP contribution in [0.3, 0.4) is 0 Å². The maximum absolute atomic E-state index is 12.4. The van der Waals surface area contributed by atoms with Crippen LogP contribution in [0, 0.1) is 6.92 Å². The van der Waals surface area contributed by atoms with Gasteiger partial charge in [0.15, 0.2) is 17.6 Å². The Labute approximate surface area is 165 Å². The van der Waals surface area contributed by atoms with E-state index in [1.54, 1.807) is 31.2 Å². The van der Waals surface area contributed by atoms with Crippen molar-refractivity contribution in [3.8, 4) is 17.2 Å². The van der Waals surface area contributed by atoms with Gasteiger partial charge in [-0.25, -0.2) is 0 Å². The molecule has 1 atom stereocenters. The zero-order chi connectivity index (χ0) is 20.7. The van der Waals surface area contributed by atoms with Crippen molar-refractivity contribution in [1.29, 1.82) is 0 Å². The number of aryl methyl sites for hydroxylation is 2. The normalized spacial score (nSPS) is 11.5. The molecule has 0 N–H and O–H groups in total. The average molecular weight is 386 g/mol. The summed E-state index contributed by atoms with van der Waals surface area (Å²) in [6, 6.07) is 10.7. The molecule has 2 rings (SSSR count). The number of hydrogen-bond acceptors (Lipinski definition) is 6. The Morgan fingerprint density at radius 3 is 2.00 bits per heavy atom. The molecular formula is C22H26O6. The number of carbonyl (C=O) groups is 2. The first kappa shape index (κ1) is 21.3. The molecule has 0 saturated heterocycles. The third-order valence-corrected chi connectivity index (χ3v) is 4.36. The summed E-state index contributed by atoms with van der Waals surface area (Å²) in [4.78, 5) is 24.6. The number of hydrogen-bond donors (Lipinski definition) is 0. The summed E-state index contributed by atoms with van der Waals surface area (Å²) in [6.07, 6.45) is -0.291. The van der Waals surface area contributed by atoms with Gasteiger partial charge in [0.25, 0.3) is 0 Å². The minimum absolute atomic E-state index is 0.129. The maximum atomic E-state index is 12.4. The van der Waals surface area contributed by atoms with Crippen LogP contribution in [0.15, 0.2) is 36.4 Å². The molecule has 0 amide bonds. The van der Waals surface area contributed by atoms with Gasteiger partial charge in [0.1, 0.15) is 0 Å². The largest absolute Gasteiger partial charge is 0.493 e. The molecule has 0 aromatic heterocycles. The Balaban J connectivity index is 1.98. The van der Waals surface area contributed by atoms with Crippen LogP contribution in [0.2, 0.25) is 0 Å². The van der Waals surface area contributed by atoms with Crippen LogP contribution in [0.4, 0.5) is 0 Å². The van der Waals surface area contributed by atoms with Gasteiger partial charge in [0.2, 0.25) is 11.5 Å². The van der Waals surface area contributed by atoms with Gasteiger partial charge in [0, 0.05) is 12.0 Å². The quantitative estimate of drug-likeness (QED) is 0.483. The molecular weight excluding hydrogens is 360 g/mol. The van der Waals surface area contributed by atoms with Crippen molar-refractivity contribution in [2.75, 3.05) is 21.3 Å². The molecule has 0 radical (unpaired) electrons. The van der Waals surface area contributed by atoms with E-state index in [2.05, 4.69) is 0 Å². The molecule has 2 aromatic rings. The number of ether oxygens (including phenoxy) is 4. The van der Waals surface area contributed by atoms with Crippen LogP contribution in [0.1, 0.15) is 34.8 Å². The molecule has 0 spiro atoms. The third-order valence-electron chi connectivity index (χ3n) is 4.36. The first-order chi connectivity index (χ1) is 13.4. The molecule has 28 heavy (non-hydrogen) atoms. The summed E-state index contributed by atoms with van der Waals surface area (Å²) in [5.41, 5.74) is 2.42. The fraction of sp³-hybridized carbons (Fsp3) is 0.364. The van der Waals surface area contributed by atoms with E-state index in [0.717, 1.165) is 11.1 Å². The summed E-state index contributed by atoms with van der Waals surface area (Å²) in [6.45, 7) is 3.53. The predicted octanol–water partition coefficient (Wildman–Crippen LogP) is 3.77. The summed E-state index contributed by atoms with van der Waals surface area (Å²) < 4.78 is 21.2.